The zero-order valence-electron chi connectivity index (χ0n) is 47.7. The Labute approximate surface area is 506 Å². The van der Waals surface area contributed by atoms with E-state index >= 15 is 0 Å². The smallest absolute Gasteiger partial charge is 0.0713 e. The second-order valence-electron chi connectivity index (χ2n) is 23.2. The molecule has 17 rings (SSSR count). The molecule has 1 aliphatic rings. The van der Waals surface area contributed by atoms with Gasteiger partial charge in [0.05, 0.1) is 27.5 Å². The van der Waals surface area contributed by atoms with E-state index in [1.54, 1.807) is 0 Å². The van der Waals surface area contributed by atoms with Gasteiger partial charge in [-0.15, -0.1) is 0 Å². The van der Waals surface area contributed by atoms with Gasteiger partial charge in [-0.1, -0.05) is 273 Å². The molecule has 87 heavy (non-hydrogen) atoms. The van der Waals surface area contributed by atoms with Gasteiger partial charge in [0, 0.05) is 32.9 Å². The first-order chi connectivity index (χ1) is 43.1. The minimum Gasteiger partial charge on any atom is -0.309 e. The van der Waals surface area contributed by atoms with Crippen molar-refractivity contribution in [1.29, 1.82) is 0 Å². The van der Waals surface area contributed by atoms with E-state index in [2.05, 4.69) is 349 Å². The average Bonchev–Trinajstić information content (AvgIpc) is 1.70. The molecular formula is C85H56N2. The molecule has 0 amide bonds. The van der Waals surface area contributed by atoms with Gasteiger partial charge < -0.3 is 9.13 Å². The van der Waals surface area contributed by atoms with Crippen molar-refractivity contribution in [3.05, 3.63) is 362 Å². The fourth-order valence-corrected chi connectivity index (χ4v) is 14.3. The van der Waals surface area contributed by atoms with Gasteiger partial charge in [0.2, 0.25) is 0 Å². The maximum Gasteiger partial charge on any atom is 0.0713 e. The molecular weight excluding hydrogens is 1050 g/mol. The lowest BCUT2D eigenvalue weighted by Crippen LogP contribution is -2.28. The Morgan fingerprint density at radius 3 is 1.06 bits per heavy atom. The van der Waals surface area contributed by atoms with Crippen LogP contribution in [0, 0.1) is 0 Å². The van der Waals surface area contributed by atoms with E-state index in [1.165, 1.54) is 144 Å². The number of hydrogen-bond donors (Lipinski definition) is 0. The van der Waals surface area contributed by atoms with Crippen molar-refractivity contribution in [2.75, 3.05) is 0 Å². The molecule has 0 aliphatic heterocycles. The first-order valence-corrected chi connectivity index (χ1v) is 30.1. The molecule has 16 aromatic rings. The number of rotatable bonds is 10. The lowest BCUT2D eigenvalue weighted by atomic mass is 9.67. The van der Waals surface area contributed by atoms with Crippen molar-refractivity contribution in [2.24, 2.45) is 0 Å². The molecule has 2 nitrogen and oxygen atoms in total. The van der Waals surface area contributed by atoms with Gasteiger partial charge in [-0.05, 0) is 167 Å². The topological polar surface area (TPSA) is 9.86 Å². The van der Waals surface area contributed by atoms with Gasteiger partial charge >= 0.3 is 0 Å². The van der Waals surface area contributed by atoms with Gasteiger partial charge in [0.15, 0.2) is 0 Å². The van der Waals surface area contributed by atoms with Crippen LogP contribution in [0.2, 0.25) is 0 Å². The third-order valence-electron chi connectivity index (χ3n) is 18.5. The zero-order valence-corrected chi connectivity index (χ0v) is 47.7. The van der Waals surface area contributed by atoms with Crippen LogP contribution >= 0.6 is 0 Å². The number of fused-ring (bicyclic) bond motifs is 9. The van der Waals surface area contributed by atoms with Crippen molar-refractivity contribution in [1.82, 2.24) is 9.13 Å². The van der Waals surface area contributed by atoms with Gasteiger partial charge in [0.25, 0.3) is 0 Å². The summed E-state index contributed by atoms with van der Waals surface area (Å²) in [6, 6.07) is 125. The number of aromatic nitrogens is 2. The monoisotopic (exact) mass is 1100 g/mol. The lowest BCUT2D eigenvalue weighted by Gasteiger charge is -2.34. The Balaban J connectivity index is 0.648. The number of benzene rings is 14. The molecule has 0 radical (unpaired) electrons. The van der Waals surface area contributed by atoms with Gasteiger partial charge in [-0.2, -0.15) is 0 Å². The van der Waals surface area contributed by atoms with Crippen molar-refractivity contribution >= 4 is 43.6 Å². The van der Waals surface area contributed by atoms with Crippen LogP contribution < -0.4 is 0 Å². The van der Waals surface area contributed by atoms with Crippen molar-refractivity contribution < 1.29 is 0 Å². The van der Waals surface area contributed by atoms with Crippen LogP contribution in [0.5, 0.6) is 0 Å². The van der Waals surface area contributed by atoms with E-state index in [1.807, 2.05) is 0 Å². The van der Waals surface area contributed by atoms with E-state index < -0.39 is 5.41 Å². The van der Waals surface area contributed by atoms with Gasteiger partial charge in [-0.25, -0.2) is 0 Å². The normalized spacial score (nSPS) is 12.5. The van der Waals surface area contributed by atoms with Crippen molar-refractivity contribution in [3.63, 3.8) is 0 Å². The van der Waals surface area contributed by atoms with Crippen LogP contribution in [0.3, 0.4) is 0 Å². The lowest BCUT2D eigenvalue weighted by molar-refractivity contribution is 0.769. The van der Waals surface area contributed by atoms with E-state index in [9.17, 15) is 0 Å². The molecule has 0 fully saturated rings. The van der Waals surface area contributed by atoms with E-state index in [-0.39, 0.29) is 0 Å². The molecule has 14 aromatic carbocycles. The Morgan fingerprint density at radius 1 is 0.184 bits per heavy atom. The molecule has 0 saturated carbocycles. The Morgan fingerprint density at radius 2 is 0.529 bits per heavy atom. The fourth-order valence-electron chi connectivity index (χ4n) is 14.3. The maximum atomic E-state index is 2.42. The minimum absolute atomic E-state index is 0.488. The zero-order chi connectivity index (χ0) is 57.4. The molecule has 0 saturated heterocycles. The summed E-state index contributed by atoms with van der Waals surface area (Å²) in [6.45, 7) is 0. The summed E-state index contributed by atoms with van der Waals surface area (Å²) in [5.41, 5.74) is 28.7. The summed E-state index contributed by atoms with van der Waals surface area (Å²) >= 11 is 0. The fraction of sp³-hybridized carbons (Fsp3) is 0.0118. The average molecular weight is 1110 g/mol. The quantitative estimate of drug-likeness (QED) is 0.129. The summed E-state index contributed by atoms with van der Waals surface area (Å²) in [4.78, 5) is 0. The summed E-state index contributed by atoms with van der Waals surface area (Å²) in [5.74, 6) is 0. The van der Waals surface area contributed by atoms with Crippen LogP contribution in [0.25, 0.3) is 133 Å². The van der Waals surface area contributed by atoms with Crippen LogP contribution in [-0.2, 0) is 5.41 Å². The van der Waals surface area contributed by atoms with Crippen LogP contribution in [-0.4, -0.2) is 9.13 Å². The first-order valence-electron chi connectivity index (χ1n) is 30.1. The largest absolute Gasteiger partial charge is 0.309 e. The summed E-state index contributed by atoms with van der Waals surface area (Å²) in [5, 5.41) is 4.96. The van der Waals surface area contributed by atoms with Crippen molar-refractivity contribution in [2.45, 2.75) is 5.41 Å². The molecule has 1 aliphatic carbocycles. The summed E-state index contributed by atoms with van der Waals surface area (Å²) < 4.78 is 4.83. The highest BCUT2D eigenvalue weighted by Gasteiger charge is 2.46. The molecule has 0 atom stereocenters. The highest BCUT2D eigenvalue weighted by atomic mass is 15.0. The highest BCUT2D eigenvalue weighted by molar-refractivity contribution is 6.13. The summed E-state index contributed by atoms with van der Waals surface area (Å²) in [7, 11) is 0. The molecule has 0 spiro atoms. The second-order valence-corrected chi connectivity index (χ2v) is 23.2. The Kier molecular flexibility index (Phi) is 11.8. The summed E-state index contributed by atoms with van der Waals surface area (Å²) in [6.07, 6.45) is 0. The second kappa shape index (κ2) is 20.5. The van der Waals surface area contributed by atoms with E-state index in [0.29, 0.717) is 0 Å². The molecule has 2 aromatic heterocycles. The number of hydrogen-bond acceptors (Lipinski definition) is 0. The number of para-hydroxylation sites is 2. The number of nitrogens with zero attached hydrogens (tertiary/aromatic N) is 2. The standard InChI is InChI=1S/C85H56N2/c1-3-17-57(18-4-1)62-41-47-69(48-42-62)85(79-29-11-7-25-73(79)74-26-8-12-30-80(74)85)70-23-15-21-65(53-70)64-39-37-60(38-40-64)59-33-35-61(36-34-59)63-43-49-71(50-44-63)86-81-31-13-9-27-75(81)77-55-67(45-51-83(77)86)68-46-52-84-78(56-68)76-28-10-14-32-82(76)87(84)72-24-16-22-66(54-72)58-19-5-2-6-20-58/h1-56H. The molecule has 0 N–H and O–H groups in total. The Bertz CT molecular complexity index is 5230. The van der Waals surface area contributed by atoms with E-state index in [4.69, 9.17) is 0 Å². The molecule has 406 valence electrons. The Hall–Kier alpha value is -11.3. The predicted octanol–water partition coefficient (Wildman–Crippen LogP) is 22.2. The van der Waals surface area contributed by atoms with Crippen molar-refractivity contribution in [3.8, 4) is 89.3 Å². The molecule has 2 heterocycles. The minimum atomic E-state index is -0.488. The SMILES string of the molecule is c1ccc(-c2ccc(C3(c4cccc(-c5ccc(-c6ccc(-c7ccc(-n8c9ccccc9c9cc(-c%10ccc%11c(c%10)c%10ccccc%10n%11-c%10cccc(-c%11ccccc%11)c%10)ccc98)cc7)cc6)cc5)c4)c4ccccc4-c4ccccc43)cc2)cc1. The third kappa shape index (κ3) is 8.25. The highest BCUT2D eigenvalue weighted by Crippen LogP contribution is 2.56. The maximum absolute atomic E-state index is 2.42. The first kappa shape index (κ1) is 50.2. The molecule has 0 unspecified atom stereocenters. The third-order valence-corrected chi connectivity index (χ3v) is 18.5. The van der Waals surface area contributed by atoms with Crippen LogP contribution in [0.15, 0.2) is 340 Å². The molecule has 0 bridgehead atoms. The van der Waals surface area contributed by atoms with Gasteiger partial charge in [-0.3, -0.25) is 0 Å². The predicted molar refractivity (Wildman–Crippen MR) is 365 cm³/mol. The molecule has 2 heteroatoms. The van der Waals surface area contributed by atoms with Crippen LogP contribution in [0.4, 0.5) is 0 Å². The van der Waals surface area contributed by atoms with Crippen LogP contribution in [0.1, 0.15) is 22.3 Å². The van der Waals surface area contributed by atoms with E-state index in [0.717, 1.165) is 11.4 Å². The van der Waals surface area contributed by atoms with Gasteiger partial charge in [0.1, 0.15) is 0 Å².